The molecule has 1 fully saturated rings. The van der Waals surface area contributed by atoms with E-state index >= 15 is 0 Å². The van der Waals surface area contributed by atoms with Gasteiger partial charge >= 0.3 is 0 Å². The van der Waals surface area contributed by atoms with Crippen molar-refractivity contribution in [3.8, 4) is 0 Å². The summed E-state index contributed by atoms with van der Waals surface area (Å²) in [4.78, 5) is 26.1. The van der Waals surface area contributed by atoms with E-state index in [4.69, 9.17) is 4.52 Å². The molecule has 0 aliphatic heterocycles. The Balaban J connectivity index is 1.47. The van der Waals surface area contributed by atoms with Gasteiger partial charge in [-0.05, 0) is 25.8 Å². The number of nitrogens with zero attached hydrogens (tertiary/aromatic N) is 2. The molecule has 1 aliphatic rings. The van der Waals surface area contributed by atoms with Crippen LogP contribution in [0.15, 0.2) is 34.9 Å². The summed E-state index contributed by atoms with van der Waals surface area (Å²) < 4.78 is 18.7. The molecule has 26 heavy (non-hydrogen) atoms. The fraction of sp³-hybridized carbons (Fsp3) is 0.389. The van der Waals surface area contributed by atoms with Crippen molar-refractivity contribution < 1.29 is 18.5 Å². The summed E-state index contributed by atoms with van der Waals surface area (Å²) in [6, 6.07) is 8.28. The highest BCUT2D eigenvalue weighted by molar-refractivity contribution is 8.00. The maximum atomic E-state index is 13.9. The third-order valence-corrected chi connectivity index (χ3v) is 4.88. The first kappa shape index (κ1) is 18.4. The molecule has 1 aromatic carbocycles. The lowest BCUT2D eigenvalue weighted by Gasteiger charge is -2.22. The summed E-state index contributed by atoms with van der Waals surface area (Å²) in [5.41, 5.74) is 0.511. The number of benzene rings is 1. The van der Waals surface area contributed by atoms with E-state index in [-0.39, 0.29) is 41.7 Å². The molecule has 0 radical (unpaired) electrons. The first-order valence-electron chi connectivity index (χ1n) is 8.36. The van der Waals surface area contributed by atoms with Gasteiger partial charge in [0.1, 0.15) is 11.6 Å². The number of anilines is 1. The average molecular weight is 377 g/mol. The van der Waals surface area contributed by atoms with Crippen LogP contribution in [0.2, 0.25) is 0 Å². The Bertz CT molecular complexity index is 791. The highest BCUT2D eigenvalue weighted by Crippen LogP contribution is 2.29. The van der Waals surface area contributed by atoms with E-state index in [9.17, 15) is 14.0 Å². The zero-order valence-corrected chi connectivity index (χ0v) is 15.2. The van der Waals surface area contributed by atoms with Crippen LogP contribution in [-0.4, -0.2) is 39.4 Å². The van der Waals surface area contributed by atoms with Gasteiger partial charge in [0.2, 0.25) is 11.8 Å². The second kappa shape index (κ2) is 8.35. The summed E-state index contributed by atoms with van der Waals surface area (Å²) in [5.74, 6) is 0.649. The molecule has 0 atom stereocenters. The van der Waals surface area contributed by atoms with E-state index in [1.54, 1.807) is 36.1 Å². The van der Waals surface area contributed by atoms with Crippen molar-refractivity contribution in [1.82, 2.24) is 10.1 Å². The van der Waals surface area contributed by atoms with Crippen LogP contribution in [0, 0.1) is 12.7 Å². The van der Waals surface area contributed by atoms with Gasteiger partial charge in [-0.1, -0.05) is 23.4 Å². The molecule has 1 heterocycles. The van der Waals surface area contributed by atoms with Crippen molar-refractivity contribution in [3.05, 3.63) is 47.5 Å². The van der Waals surface area contributed by atoms with Crippen molar-refractivity contribution in [2.75, 3.05) is 16.8 Å². The number of hydrogen-bond acceptors (Lipinski definition) is 5. The number of amides is 2. The van der Waals surface area contributed by atoms with E-state index in [0.29, 0.717) is 17.1 Å². The first-order chi connectivity index (χ1) is 12.5. The zero-order chi connectivity index (χ0) is 18.5. The van der Waals surface area contributed by atoms with E-state index in [2.05, 4.69) is 10.5 Å². The molecular weight excluding hydrogens is 357 g/mol. The van der Waals surface area contributed by atoms with Gasteiger partial charge in [0.25, 0.3) is 0 Å². The third-order valence-electron chi connectivity index (χ3n) is 3.96. The second-order valence-corrected chi connectivity index (χ2v) is 7.19. The van der Waals surface area contributed by atoms with Crippen LogP contribution in [0.25, 0.3) is 0 Å². The predicted octanol–water partition coefficient (Wildman–Crippen LogP) is 2.99. The molecule has 138 valence electrons. The normalized spacial score (nSPS) is 13.5. The first-order valence-corrected chi connectivity index (χ1v) is 9.52. The molecule has 0 unspecified atom stereocenters. The Hall–Kier alpha value is -2.35. The van der Waals surface area contributed by atoms with Crippen LogP contribution in [0.1, 0.15) is 24.2 Å². The molecule has 8 heteroatoms. The minimum Gasteiger partial charge on any atom is -0.360 e. The van der Waals surface area contributed by atoms with Crippen LogP contribution < -0.4 is 5.32 Å². The Kier molecular flexibility index (Phi) is 5.92. The summed E-state index contributed by atoms with van der Waals surface area (Å²) in [5, 5.41) is 6.30. The largest absolute Gasteiger partial charge is 0.360 e. The second-order valence-electron chi connectivity index (χ2n) is 6.21. The minimum atomic E-state index is -0.305. The molecule has 1 aliphatic carbocycles. The summed E-state index contributed by atoms with van der Waals surface area (Å²) in [6.45, 7) is 2.00. The maximum Gasteiger partial charge on any atom is 0.235 e. The molecule has 0 saturated heterocycles. The lowest BCUT2D eigenvalue weighted by Crippen LogP contribution is -2.34. The van der Waals surface area contributed by atoms with Crippen LogP contribution >= 0.6 is 11.8 Å². The van der Waals surface area contributed by atoms with Gasteiger partial charge in [-0.2, -0.15) is 0 Å². The molecular formula is C18H20FN3O3S. The Labute approximate surface area is 155 Å². The molecule has 3 rings (SSSR count). The fourth-order valence-electron chi connectivity index (χ4n) is 2.54. The molecule has 2 amide bonds. The number of thioether (sulfide) groups is 1. The van der Waals surface area contributed by atoms with E-state index in [0.717, 1.165) is 12.8 Å². The number of aromatic nitrogens is 1. The molecule has 1 saturated carbocycles. The highest BCUT2D eigenvalue weighted by atomic mass is 32.2. The van der Waals surface area contributed by atoms with Crippen molar-refractivity contribution in [2.24, 2.45) is 0 Å². The van der Waals surface area contributed by atoms with E-state index < -0.39 is 0 Å². The number of rotatable bonds is 8. The summed E-state index contributed by atoms with van der Waals surface area (Å²) in [7, 11) is 0. The quantitative estimate of drug-likeness (QED) is 0.765. The molecule has 2 aromatic rings. The lowest BCUT2D eigenvalue weighted by molar-refractivity contribution is -0.129. The Morgan fingerprint density at radius 1 is 1.35 bits per heavy atom. The van der Waals surface area contributed by atoms with Crippen LogP contribution in [0.5, 0.6) is 0 Å². The Morgan fingerprint density at radius 3 is 2.77 bits per heavy atom. The number of carbonyl (C=O) groups excluding carboxylic acids is 2. The zero-order valence-electron chi connectivity index (χ0n) is 14.4. The van der Waals surface area contributed by atoms with Crippen molar-refractivity contribution in [3.63, 3.8) is 0 Å². The molecule has 0 spiro atoms. The van der Waals surface area contributed by atoms with E-state index in [1.165, 1.54) is 17.8 Å². The monoisotopic (exact) mass is 377 g/mol. The SMILES string of the molecule is Cc1cc(NC(=O)CSCC(=O)N(Cc2ccccc2F)C2CC2)no1. The highest BCUT2D eigenvalue weighted by Gasteiger charge is 2.32. The van der Waals surface area contributed by atoms with Gasteiger partial charge in [0.05, 0.1) is 11.5 Å². The van der Waals surface area contributed by atoms with Crippen molar-refractivity contribution in [2.45, 2.75) is 32.4 Å². The minimum absolute atomic E-state index is 0.0779. The average Bonchev–Trinajstić information content (AvgIpc) is 3.36. The molecule has 1 N–H and O–H groups in total. The third kappa shape index (κ3) is 5.08. The van der Waals surface area contributed by atoms with Crippen molar-refractivity contribution in [1.29, 1.82) is 0 Å². The molecule has 6 nitrogen and oxygen atoms in total. The van der Waals surface area contributed by atoms with Crippen LogP contribution in [-0.2, 0) is 16.1 Å². The van der Waals surface area contributed by atoms with Gasteiger partial charge in [-0.15, -0.1) is 11.8 Å². The van der Waals surface area contributed by atoms with Gasteiger partial charge in [-0.25, -0.2) is 4.39 Å². The van der Waals surface area contributed by atoms with Gasteiger partial charge < -0.3 is 14.7 Å². The summed E-state index contributed by atoms with van der Waals surface area (Å²) >= 11 is 1.23. The number of nitrogens with one attached hydrogen (secondary N) is 1. The molecule has 0 bridgehead atoms. The molecule has 1 aromatic heterocycles. The van der Waals surface area contributed by atoms with Crippen LogP contribution in [0.3, 0.4) is 0 Å². The van der Waals surface area contributed by atoms with Gasteiger partial charge in [-0.3, -0.25) is 9.59 Å². The number of hydrogen-bond donors (Lipinski definition) is 1. The fourth-order valence-corrected chi connectivity index (χ4v) is 3.24. The van der Waals surface area contributed by atoms with Crippen molar-refractivity contribution >= 4 is 29.4 Å². The predicted molar refractivity (Wildman–Crippen MR) is 97.2 cm³/mol. The van der Waals surface area contributed by atoms with E-state index in [1.807, 2.05) is 0 Å². The Morgan fingerprint density at radius 2 is 2.12 bits per heavy atom. The number of carbonyl (C=O) groups is 2. The van der Waals surface area contributed by atoms with Gasteiger partial charge in [0.15, 0.2) is 5.82 Å². The van der Waals surface area contributed by atoms with Crippen LogP contribution in [0.4, 0.5) is 10.2 Å². The smallest absolute Gasteiger partial charge is 0.235 e. The number of aryl methyl sites for hydroxylation is 1. The standard InChI is InChI=1S/C18H20FN3O3S/c1-12-8-16(21-25-12)20-17(23)10-26-11-18(24)22(14-6-7-14)9-13-4-2-3-5-15(13)19/h2-5,8,14H,6-7,9-11H2,1H3,(H,20,21,23). The summed E-state index contributed by atoms with van der Waals surface area (Å²) in [6.07, 6.45) is 1.88. The van der Waals surface area contributed by atoms with Gasteiger partial charge in [0, 0.05) is 24.2 Å². The maximum absolute atomic E-state index is 13.9. The number of halogens is 1. The lowest BCUT2D eigenvalue weighted by atomic mass is 10.2. The topological polar surface area (TPSA) is 75.4 Å².